The van der Waals surface area contributed by atoms with Gasteiger partial charge in [0, 0.05) is 12.2 Å². The molecule has 2 N–H and O–H groups in total. The lowest BCUT2D eigenvalue weighted by Crippen LogP contribution is -2.48. The topological polar surface area (TPSA) is 54.4 Å². The van der Waals surface area contributed by atoms with Crippen LogP contribution in [-0.4, -0.2) is 29.3 Å². The monoisotopic (exact) mass is 434 g/mol. The van der Waals surface area contributed by atoms with Gasteiger partial charge in [-0.3, -0.25) is 0 Å². The zero-order valence-corrected chi connectivity index (χ0v) is 18.6. The quantitative estimate of drug-likeness (QED) is 0.507. The molecule has 1 heterocycles. The van der Waals surface area contributed by atoms with E-state index in [2.05, 4.69) is 40.6 Å². The second-order valence-electron chi connectivity index (χ2n) is 10.1. The molecule has 1 atom stereocenters. The van der Waals surface area contributed by atoms with Crippen molar-refractivity contribution in [2.24, 2.45) is 17.8 Å². The van der Waals surface area contributed by atoms with Crippen molar-refractivity contribution in [2.45, 2.75) is 50.0 Å². The zero-order valence-electron chi connectivity index (χ0n) is 17.8. The Balaban J connectivity index is 1.03. The minimum absolute atomic E-state index is 0.284. The van der Waals surface area contributed by atoms with Crippen molar-refractivity contribution in [1.29, 1.82) is 0 Å². The number of fused-ring (bicyclic) bond motifs is 1. The third kappa shape index (κ3) is 3.83. The molecule has 0 spiro atoms. The highest BCUT2D eigenvalue weighted by Crippen LogP contribution is 2.60. The summed E-state index contributed by atoms with van der Waals surface area (Å²) >= 11 is 1.62. The van der Waals surface area contributed by atoms with Gasteiger partial charge in [0.1, 0.15) is 18.5 Å². The number of ether oxygens (including phenoxy) is 1. The Bertz CT molecular complexity index is 1030. The summed E-state index contributed by atoms with van der Waals surface area (Å²) < 4.78 is 7.04. The first-order valence-electron chi connectivity index (χ1n) is 11.6. The van der Waals surface area contributed by atoms with Crippen molar-refractivity contribution in [3.8, 4) is 5.75 Å². The molecule has 4 aliphatic rings. The van der Waals surface area contributed by atoms with Crippen molar-refractivity contribution in [3.05, 3.63) is 53.5 Å². The van der Waals surface area contributed by atoms with Gasteiger partial charge in [0.2, 0.25) is 0 Å². The molecule has 4 nitrogen and oxygen atoms in total. The number of nitrogens with one attached hydrogen (secondary N) is 1. The highest BCUT2D eigenvalue weighted by atomic mass is 32.1. The molecule has 0 amide bonds. The second-order valence-corrected chi connectivity index (χ2v) is 11.0. The largest absolute Gasteiger partial charge is 0.491 e. The number of aliphatic hydroxyl groups excluding tert-OH is 1. The Kier molecular flexibility index (Phi) is 4.91. The van der Waals surface area contributed by atoms with E-state index < -0.39 is 6.10 Å². The minimum Gasteiger partial charge on any atom is -0.491 e. The highest BCUT2D eigenvalue weighted by molar-refractivity contribution is 7.16. The molecule has 0 saturated heterocycles. The molecule has 4 fully saturated rings. The summed E-state index contributed by atoms with van der Waals surface area (Å²) in [5.74, 6) is 3.73. The van der Waals surface area contributed by atoms with Gasteiger partial charge in [0.05, 0.1) is 15.7 Å². The maximum absolute atomic E-state index is 10.4. The number of rotatable bonds is 7. The van der Waals surface area contributed by atoms with Crippen molar-refractivity contribution >= 4 is 27.2 Å². The zero-order chi connectivity index (χ0) is 20.8. The van der Waals surface area contributed by atoms with Gasteiger partial charge in [-0.2, -0.15) is 0 Å². The van der Waals surface area contributed by atoms with E-state index in [0.29, 0.717) is 12.0 Å². The van der Waals surface area contributed by atoms with Gasteiger partial charge in [0.25, 0.3) is 0 Å². The molecule has 3 aromatic rings. The summed E-state index contributed by atoms with van der Waals surface area (Å²) in [6.45, 7) is 0.738. The molecular formula is C26H30N2O2S. The van der Waals surface area contributed by atoms with Gasteiger partial charge in [0.15, 0.2) is 0 Å². The Morgan fingerprint density at radius 2 is 1.74 bits per heavy atom. The van der Waals surface area contributed by atoms with Crippen LogP contribution in [0.4, 0.5) is 5.69 Å². The van der Waals surface area contributed by atoms with Crippen LogP contribution in [0, 0.1) is 17.8 Å². The molecule has 4 aliphatic carbocycles. The van der Waals surface area contributed by atoms with Crippen molar-refractivity contribution < 1.29 is 9.84 Å². The standard InChI is InChI=1S/C26H30N2O2S/c29-22(14-27-21-3-6-24-25(10-21)31-16-28-24)15-30-23-4-1-20(2-5-23)26-11-17-7-18(12-26)9-19(8-17)13-26/h1-6,10,16-19,22,27,29H,7-9,11-15H2. The normalized spacial score (nSPS) is 29.9. The molecule has 1 unspecified atom stereocenters. The molecule has 2 aromatic carbocycles. The summed E-state index contributed by atoms with van der Waals surface area (Å²) in [5, 5.41) is 13.7. The van der Waals surface area contributed by atoms with Crippen LogP contribution in [0.25, 0.3) is 10.2 Å². The Labute approximate surface area is 187 Å². The number of aromatic nitrogens is 1. The molecule has 162 valence electrons. The van der Waals surface area contributed by atoms with Gasteiger partial charge >= 0.3 is 0 Å². The van der Waals surface area contributed by atoms with Gasteiger partial charge < -0.3 is 15.2 Å². The van der Waals surface area contributed by atoms with Crippen LogP contribution in [0.3, 0.4) is 0 Å². The van der Waals surface area contributed by atoms with Crippen LogP contribution in [0.5, 0.6) is 5.75 Å². The SMILES string of the molecule is OC(CNc1ccc2ncsc2c1)COc1ccc(C23CC4CC(CC(C4)C2)C3)cc1. The number of thiazole rings is 1. The lowest BCUT2D eigenvalue weighted by atomic mass is 9.48. The predicted molar refractivity (Wildman–Crippen MR) is 126 cm³/mol. The number of hydrogen-bond acceptors (Lipinski definition) is 5. The molecule has 0 radical (unpaired) electrons. The second kappa shape index (κ2) is 7.79. The number of nitrogens with zero attached hydrogens (tertiary/aromatic N) is 1. The van der Waals surface area contributed by atoms with E-state index in [4.69, 9.17) is 4.74 Å². The molecule has 5 heteroatoms. The Morgan fingerprint density at radius 1 is 1.03 bits per heavy atom. The van der Waals surface area contributed by atoms with Crippen LogP contribution in [0.2, 0.25) is 0 Å². The number of aliphatic hydroxyl groups is 1. The Morgan fingerprint density at radius 3 is 2.45 bits per heavy atom. The smallest absolute Gasteiger partial charge is 0.119 e. The average Bonchev–Trinajstić information content (AvgIpc) is 3.24. The van der Waals surface area contributed by atoms with Gasteiger partial charge in [-0.05, 0) is 97.6 Å². The summed E-state index contributed by atoms with van der Waals surface area (Å²) in [4.78, 5) is 4.30. The molecular weight excluding hydrogens is 404 g/mol. The third-order valence-corrected chi connectivity index (χ3v) is 8.61. The van der Waals surface area contributed by atoms with Crippen LogP contribution >= 0.6 is 11.3 Å². The number of benzene rings is 2. The first-order valence-corrected chi connectivity index (χ1v) is 12.5. The fraction of sp³-hybridized carbons (Fsp3) is 0.500. The highest BCUT2D eigenvalue weighted by Gasteiger charge is 2.51. The van der Waals surface area contributed by atoms with Gasteiger partial charge in [-0.1, -0.05) is 12.1 Å². The minimum atomic E-state index is -0.569. The molecule has 7 rings (SSSR count). The Hall–Kier alpha value is -2.11. The first-order chi connectivity index (χ1) is 15.1. The van der Waals surface area contributed by atoms with E-state index >= 15 is 0 Å². The molecule has 4 bridgehead atoms. The number of hydrogen-bond donors (Lipinski definition) is 2. The van der Waals surface area contributed by atoms with Crippen LogP contribution < -0.4 is 10.1 Å². The van der Waals surface area contributed by atoms with Crippen LogP contribution in [0.1, 0.15) is 44.1 Å². The van der Waals surface area contributed by atoms with Gasteiger partial charge in [-0.15, -0.1) is 11.3 Å². The summed E-state index contributed by atoms with van der Waals surface area (Å²) in [6, 6.07) is 14.9. The number of anilines is 1. The van der Waals surface area contributed by atoms with Crippen LogP contribution in [0.15, 0.2) is 48.0 Å². The molecule has 4 saturated carbocycles. The average molecular weight is 435 g/mol. The maximum atomic E-state index is 10.4. The van der Waals surface area contributed by atoms with E-state index in [1.807, 2.05) is 17.6 Å². The van der Waals surface area contributed by atoms with Crippen molar-refractivity contribution in [2.75, 3.05) is 18.5 Å². The first kappa shape index (κ1) is 19.6. The van der Waals surface area contributed by atoms with E-state index in [0.717, 1.165) is 39.4 Å². The summed E-state index contributed by atoms with van der Waals surface area (Å²) in [7, 11) is 0. The van der Waals surface area contributed by atoms with Crippen molar-refractivity contribution in [1.82, 2.24) is 4.98 Å². The molecule has 0 aliphatic heterocycles. The fourth-order valence-corrected chi connectivity index (χ4v) is 7.54. The van der Waals surface area contributed by atoms with Crippen molar-refractivity contribution in [3.63, 3.8) is 0 Å². The van der Waals surface area contributed by atoms with E-state index in [9.17, 15) is 5.11 Å². The third-order valence-electron chi connectivity index (χ3n) is 7.82. The maximum Gasteiger partial charge on any atom is 0.119 e. The lowest BCUT2D eigenvalue weighted by molar-refractivity contribution is -0.00521. The molecule has 31 heavy (non-hydrogen) atoms. The van der Waals surface area contributed by atoms with Gasteiger partial charge in [-0.25, -0.2) is 4.98 Å². The lowest BCUT2D eigenvalue weighted by Gasteiger charge is -2.57. The van der Waals surface area contributed by atoms with E-state index in [1.54, 1.807) is 11.3 Å². The predicted octanol–water partition coefficient (Wildman–Crippen LogP) is 5.62. The van der Waals surface area contributed by atoms with E-state index in [1.165, 1.54) is 44.1 Å². The van der Waals surface area contributed by atoms with Crippen LogP contribution in [-0.2, 0) is 5.41 Å². The molecule has 1 aromatic heterocycles. The fourth-order valence-electron chi connectivity index (χ4n) is 6.82. The summed E-state index contributed by atoms with van der Waals surface area (Å²) in [5.41, 5.74) is 5.80. The summed E-state index contributed by atoms with van der Waals surface area (Å²) in [6.07, 6.45) is 8.02. The van der Waals surface area contributed by atoms with E-state index in [-0.39, 0.29) is 6.61 Å².